The van der Waals surface area contributed by atoms with Gasteiger partial charge in [0.1, 0.15) is 0 Å². The van der Waals surface area contributed by atoms with Gasteiger partial charge >= 0.3 is 0 Å². The minimum atomic E-state index is 0.0289. The number of amides is 1. The Morgan fingerprint density at radius 2 is 2.08 bits per heavy atom. The van der Waals surface area contributed by atoms with Crippen molar-refractivity contribution < 1.29 is 4.79 Å². The average Bonchev–Trinajstić information content (AvgIpc) is 3.11. The molecular formula is C19H30N4O. The van der Waals surface area contributed by atoms with Crippen molar-refractivity contribution in [2.24, 2.45) is 10.9 Å². The molecule has 0 saturated heterocycles. The first kappa shape index (κ1) is 18.3. The number of nitrogens with zero attached hydrogens (tertiary/aromatic N) is 1. The van der Waals surface area contributed by atoms with Gasteiger partial charge < -0.3 is 16.0 Å². The molecule has 1 fully saturated rings. The van der Waals surface area contributed by atoms with E-state index in [0.717, 1.165) is 23.6 Å². The average molecular weight is 330 g/mol. The Hall–Kier alpha value is -2.04. The lowest BCUT2D eigenvalue weighted by Gasteiger charge is -2.17. The van der Waals surface area contributed by atoms with Crippen LogP contribution in [0.5, 0.6) is 0 Å². The van der Waals surface area contributed by atoms with Crippen LogP contribution in [0, 0.1) is 5.92 Å². The molecule has 24 heavy (non-hydrogen) atoms. The zero-order valence-corrected chi connectivity index (χ0v) is 15.1. The summed E-state index contributed by atoms with van der Waals surface area (Å²) in [6.45, 7) is 4.65. The zero-order valence-electron chi connectivity index (χ0n) is 15.1. The molecule has 0 heterocycles. The number of carbonyl (C=O) groups is 1. The fourth-order valence-electron chi connectivity index (χ4n) is 2.85. The van der Waals surface area contributed by atoms with Crippen molar-refractivity contribution in [1.29, 1.82) is 0 Å². The second-order valence-electron chi connectivity index (χ2n) is 6.55. The van der Waals surface area contributed by atoms with Crippen LogP contribution in [-0.2, 0) is 11.3 Å². The Morgan fingerprint density at radius 1 is 1.33 bits per heavy atom. The molecule has 0 aliphatic heterocycles. The molecule has 3 N–H and O–H groups in total. The van der Waals surface area contributed by atoms with Crippen LogP contribution in [0.15, 0.2) is 29.3 Å². The Bertz CT molecular complexity index is 564. The fraction of sp³-hybridized carbons (Fsp3) is 0.579. The summed E-state index contributed by atoms with van der Waals surface area (Å²) in [5, 5.41) is 9.81. The van der Waals surface area contributed by atoms with Gasteiger partial charge in [-0.05, 0) is 37.0 Å². The van der Waals surface area contributed by atoms with E-state index in [1.54, 1.807) is 7.05 Å². The standard InChI is InChI=1S/C19H30N4O/c1-4-14(2)18(24)22-17-11-7-8-15(12-17)13-21-19(20-3)23-16-9-5-6-10-16/h7-8,11-12,14,16H,4-6,9-10,13H2,1-3H3,(H,22,24)(H2,20,21,23). The van der Waals surface area contributed by atoms with E-state index in [0.29, 0.717) is 12.6 Å². The number of rotatable bonds is 6. The molecule has 1 saturated carbocycles. The molecule has 5 heteroatoms. The molecule has 0 spiro atoms. The van der Waals surface area contributed by atoms with Crippen LogP contribution < -0.4 is 16.0 Å². The van der Waals surface area contributed by atoms with Crippen molar-refractivity contribution in [2.75, 3.05) is 12.4 Å². The molecule has 0 bridgehead atoms. The van der Waals surface area contributed by atoms with Gasteiger partial charge in [0.2, 0.25) is 5.91 Å². The highest BCUT2D eigenvalue weighted by Crippen LogP contribution is 2.17. The first-order chi connectivity index (χ1) is 11.6. The van der Waals surface area contributed by atoms with Crippen molar-refractivity contribution >= 4 is 17.6 Å². The molecule has 132 valence electrons. The van der Waals surface area contributed by atoms with E-state index in [4.69, 9.17) is 0 Å². The minimum Gasteiger partial charge on any atom is -0.354 e. The number of nitrogens with one attached hydrogen (secondary N) is 3. The van der Waals surface area contributed by atoms with Crippen LogP contribution in [0.1, 0.15) is 51.5 Å². The third kappa shape index (κ3) is 5.55. The molecule has 1 aliphatic carbocycles. The van der Waals surface area contributed by atoms with Gasteiger partial charge in [-0.2, -0.15) is 0 Å². The number of anilines is 1. The molecule has 0 radical (unpaired) electrons. The monoisotopic (exact) mass is 330 g/mol. The zero-order chi connectivity index (χ0) is 17.4. The molecule has 1 aromatic carbocycles. The number of carbonyl (C=O) groups excluding carboxylic acids is 1. The van der Waals surface area contributed by atoms with Gasteiger partial charge in [-0.15, -0.1) is 0 Å². The van der Waals surface area contributed by atoms with Gasteiger partial charge in [0.15, 0.2) is 5.96 Å². The van der Waals surface area contributed by atoms with Crippen LogP contribution in [0.25, 0.3) is 0 Å². The summed E-state index contributed by atoms with van der Waals surface area (Å²) < 4.78 is 0. The summed E-state index contributed by atoms with van der Waals surface area (Å²) in [5.41, 5.74) is 1.96. The number of guanidine groups is 1. The summed E-state index contributed by atoms with van der Waals surface area (Å²) >= 11 is 0. The predicted molar refractivity (Wildman–Crippen MR) is 100 cm³/mol. The Kier molecular flexibility index (Phi) is 7.09. The van der Waals surface area contributed by atoms with Gasteiger partial charge in [0, 0.05) is 31.2 Å². The summed E-state index contributed by atoms with van der Waals surface area (Å²) in [4.78, 5) is 16.3. The smallest absolute Gasteiger partial charge is 0.227 e. The lowest BCUT2D eigenvalue weighted by molar-refractivity contribution is -0.119. The highest BCUT2D eigenvalue weighted by atomic mass is 16.1. The topological polar surface area (TPSA) is 65.5 Å². The van der Waals surface area contributed by atoms with E-state index in [2.05, 4.69) is 27.0 Å². The summed E-state index contributed by atoms with van der Waals surface area (Å²) in [5.74, 6) is 0.943. The van der Waals surface area contributed by atoms with Gasteiger partial charge in [0.05, 0.1) is 0 Å². The first-order valence-corrected chi connectivity index (χ1v) is 8.99. The van der Waals surface area contributed by atoms with Crippen molar-refractivity contribution in [3.63, 3.8) is 0 Å². The highest BCUT2D eigenvalue weighted by Gasteiger charge is 2.15. The van der Waals surface area contributed by atoms with Crippen molar-refractivity contribution in [1.82, 2.24) is 10.6 Å². The van der Waals surface area contributed by atoms with E-state index in [-0.39, 0.29) is 11.8 Å². The molecule has 1 aliphatic rings. The molecule has 1 atom stereocenters. The maximum atomic E-state index is 12.0. The first-order valence-electron chi connectivity index (χ1n) is 8.99. The van der Waals surface area contributed by atoms with Gasteiger partial charge in [-0.1, -0.05) is 38.8 Å². The van der Waals surface area contributed by atoms with Crippen LogP contribution >= 0.6 is 0 Å². The third-order valence-corrected chi connectivity index (χ3v) is 4.63. The highest BCUT2D eigenvalue weighted by molar-refractivity contribution is 5.92. The normalized spacial score (nSPS) is 16.7. The molecule has 2 rings (SSSR count). The van der Waals surface area contributed by atoms with Crippen molar-refractivity contribution in [3.8, 4) is 0 Å². The van der Waals surface area contributed by atoms with Gasteiger partial charge in [0.25, 0.3) is 0 Å². The molecule has 1 aromatic rings. The minimum absolute atomic E-state index is 0.0289. The maximum Gasteiger partial charge on any atom is 0.227 e. The Morgan fingerprint density at radius 3 is 2.75 bits per heavy atom. The third-order valence-electron chi connectivity index (χ3n) is 4.63. The second-order valence-corrected chi connectivity index (χ2v) is 6.55. The number of hydrogen-bond acceptors (Lipinski definition) is 2. The van der Waals surface area contributed by atoms with E-state index in [1.165, 1.54) is 25.7 Å². The van der Waals surface area contributed by atoms with Crippen LogP contribution in [-0.4, -0.2) is 25.0 Å². The van der Waals surface area contributed by atoms with Gasteiger partial charge in [-0.3, -0.25) is 9.79 Å². The largest absolute Gasteiger partial charge is 0.354 e. The lowest BCUT2D eigenvalue weighted by Crippen LogP contribution is -2.41. The van der Waals surface area contributed by atoms with Crippen molar-refractivity contribution in [2.45, 2.75) is 58.5 Å². The second kappa shape index (κ2) is 9.30. The molecular weight excluding hydrogens is 300 g/mol. The van der Waals surface area contributed by atoms with Crippen LogP contribution in [0.3, 0.4) is 0 Å². The van der Waals surface area contributed by atoms with E-state index in [1.807, 2.05) is 32.0 Å². The summed E-state index contributed by atoms with van der Waals surface area (Å²) in [7, 11) is 1.80. The molecule has 0 aromatic heterocycles. The predicted octanol–water partition coefficient (Wildman–Crippen LogP) is 3.28. The quantitative estimate of drug-likeness (QED) is 0.554. The van der Waals surface area contributed by atoms with Gasteiger partial charge in [-0.25, -0.2) is 0 Å². The van der Waals surface area contributed by atoms with E-state index < -0.39 is 0 Å². The molecule has 1 amide bonds. The Balaban J connectivity index is 1.87. The van der Waals surface area contributed by atoms with E-state index >= 15 is 0 Å². The Labute approximate surface area is 145 Å². The molecule has 5 nitrogen and oxygen atoms in total. The lowest BCUT2D eigenvalue weighted by atomic mass is 10.1. The molecule has 1 unspecified atom stereocenters. The van der Waals surface area contributed by atoms with E-state index in [9.17, 15) is 4.79 Å². The maximum absolute atomic E-state index is 12.0. The number of hydrogen-bond donors (Lipinski definition) is 3. The summed E-state index contributed by atoms with van der Waals surface area (Å²) in [6.07, 6.45) is 5.88. The van der Waals surface area contributed by atoms with Crippen LogP contribution in [0.4, 0.5) is 5.69 Å². The number of aliphatic imine (C=N–C) groups is 1. The van der Waals surface area contributed by atoms with Crippen LogP contribution in [0.2, 0.25) is 0 Å². The summed E-state index contributed by atoms with van der Waals surface area (Å²) in [6, 6.07) is 8.49. The number of benzene rings is 1. The van der Waals surface area contributed by atoms with Crippen molar-refractivity contribution in [3.05, 3.63) is 29.8 Å². The SMILES string of the molecule is CCC(C)C(=O)Nc1cccc(CNC(=NC)NC2CCCC2)c1. The fourth-order valence-corrected chi connectivity index (χ4v) is 2.85.